The fourth-order valence-corrected chi connectivity index (χ4v) is 3.59. The van der Waals surface area contributed by atoms with Gasteiger partial charge < -0.3 is 5.73 Å². The van der Waals surface area contributed by atoms with Crippen molar-refractivity contribution < 1.29 is 0 Å². The van der Waals surface area contributed by atoms with Gasteiger partial charge in [0, 0.05) is 18.0 Å². The predicted octanol–water partition coefficient (Wildman–Crippen LogP) is 2.87. The van der Waals surface area contributed by atoms with Crippen LogP contribution in [0.1, 0.15) is 37.1 Å². The Morgan fingerprint density at radius 1 is 1.62 bits per heavy atom. The molecule has 2 rings (SSSR count). The summed E-state index contributed by atoms with van der Waals surface area (Å²) in [6, 6.07) is 4.80. The smallest absolute Gasteiger partial charge is 0.0564 e. The van der Waals surface area contributed by atoms with Crippen molar-refractivity contribution in [1.82, 2.24) is 4.90 Å². The van der Waals surface area contributed by atoms with Crippen LogP contribution in [-0.4, -0.2) is 24.5 Å². The normalized spacial score (nSPS) is 23.8. The van der Waals surface area contributed by atoms with Gasteiger partial charge in [0.1, 0.15) is 0 Å². The van der Waals surface area contributed by atoms with Crippen LogP contribution in [0.2, 0.25) is 0 Å². The number of rotatable bonds is 5. The van der Waals surface area contributed by atoms with Gasteiger partial charge in [-0.1, -0.05) is 19.4 Å². The van der Waals surface area contributed by atoms with E-state index in [0.29, 0.717) is 6.04 Å². The molecule has 90 valence electrons. The van der Waals surface area contributed by atoms with E-state index < -0.39 is 0 Å². The summed E-state index contributed by atoms with van der Waals surface area (Å²) >= 11 is 1.84. The van der Waals surface area contributed by atoms with Gasteiger partial charge in [-0.05, 0) is 36.8 Å². The highest BCUT2D eigenvalue weighted by Gasteiger charge is 2.28. The monoisotopic (exact) mass is 238 g/mol. The van der Waals surface area contributed by atoms with Crippen molar-refractivity contribution in [2.45, 2.75) is 32.2 Å². The number of hydrogen-bond acceptors (Lipinski definition) is 3. The molecule has 1 aromatic rings. The van der Waals surface area contributed by atoms with Gasteiger partial charge in [-0.25, -0.2) is 0 Å². The van der Waals surface area contributed by atoms with Crippen LogP contribution in [0, 0.1) is 5.92 Å². The molecule has 1 fully saturated rings. The molecule has 1 aliphatic heterocycles. The van der Waals surface area contributed by atoms with Gasteiger partial charge >= 0.3 is 0 Å². The molecule has 0 spiro atoms. The highest BCUT2D eigenvalue weighted by molar-refractivity contribution is 7.10. The van der Waals surface area contributed by atoms with Crippen molar-refractivity contribution in [3.8, 4) is 0 Å². The van der Waals surface area contributed by atoms with Crippen LogP contribution in [0.4, 0.5) is 0 Å². The molecule has 0 aliphatic carbocycles. The molecule has 2 heterocycles. The Kier molecular flexibility index (Phi) is 4.38. The predicted molar refractivity (Wildman–Crippen MR) is 70.7 cm³/mol. The Morgan fingerprint density at radius 2 is 2.50 bits per heavy atom. The Bertz CT molecular complexity index is 297. The van der Waals surface area contributed by atoms with Crippen molar-refractivity contribution in [2.75, 3.05) is 19.6 Å². The van der Waals surface area contributed by atoms with Crippen molar-refractivity contribution in [2.24, 2.45) is 11.7 Å². The van der Waals surface area contributed by atoms with Crippen molar-refractivity contribution in [3.05, 3.63) is 22.4 Å². The van der Waals surface area contributed by atoms with Gasteiger partial charge in [-0.3, -0.25) is 4.90 Å². The lowest BCUT2D eigenvalue weighted by Gasteiger charge is -2.25. The zero-order valence-electron chi connectivity index (χ0n) is 10.1. The molecule has 2 unspecified atom stereocenters. The standard InChI is InChI=1S/C13H22N2S/c1-2-4-11-6-7-15(10-11)12(9-14)13-5-3-8-16-13/h3,5,8,11-12H,2,4,6-7,9-10,14H2,1H3. The minimum Gasteiger partial charge on any atom is -0.329 e. The second-order valence-electron chi connectivity index (χ2n) is 4.71. The topological polar surface area (TPSA) is 29.3 Å². The Morgan fingerprint density at radius 3 is 3.12 bits per heavy atom. The van der Waals surface area contributed by atoms with Crippen LogP contribution in [0.15, 0.2) is 17.5 Å². The lowest BCUT2D eigenvalue weighted by molar-refractivity contribution is 0.243. The molecule has 0 bridgehead atoms. The summed E-state index contributed by atoms with van der Waals surface area (Å²) in [4.78, 5) is 4.01. The fraction of sp³-hybridized carbons (Fsp3) is 0.692. The van der Waals surface area contributed by atoms with Crippen LogP contribution < -0.4 is 5.73 Å². The lowest BCUT2D eigenvalue weighted by atomic mass is 10.0. The third-order valence-corrected chi connectivity index (χ3v) is 4.52. The van der Waals surface area contributed by atoms with E-state index >= 15 is 0 Å². The average molecular weight is 238 g/mol. The van der Waals surface area contributed by atoms with E-state index in [1.54, 1.807) is 0 Å². The highest BCUT2D eigenvalue weighted by atomic mass is 32.1. The van der Waals surface area contributed by atoms with Crippen LogP contribution in [0.3, 0.4) is 0 Å². The van der Waals surface area contributed by atoms with Crippen LogP contribution in [0.25, 0.3) is 0 Å². The molecule has 2 atom stereocenters. The SMILES string of the molecule is CCCC1CCN(C(CN)c2cccs2)C1. The number of likely N-dealkylation sites (tertiary alicyclic amines) is 1. The average Bonchev–Trinajstić information content (AvgIpc) is 2.92. The maximum atomic E-state index is 5.93. The molecule has 2 N–H and O–H groups in total. The fourth-order valence-electron chi connectivity index (χ4n) is 2.72. The molecular formula is C13H22N2S. The summed E-state index contributed by atoms with van der Waals surface area (Å²) in [5.41, 5.74) is 5.93. The van der Waals surface area contributed by atoms with Gasteiger partial charge in [-0.2, -0.15) is 0 Å². The van der Waals surface area contributed by atoms with Gasteiger partial charge in [0.25, 0.3) is 0 Å². The molecule has 0 amide bonds. The zero-order chi connectivity index (χ0) is 11.4. The molecule has 1 aliphatic rings. The van der Waals surface area contributed by atoms with Gasteiger partial charge in [0.05, 0.1) is 6.04 Å². The summed E-state index contributed by atoms with van der Waals surface area (Å²) in [6.07, 6.45) is 4.04. The molecule has 16 heavy (non-hydrogen) atoms. The van der Waals surface area contributed by atoms with E-state index in [9.17, 15) is 0 Å². The Labute approximate surface area is 102 Å². The quantitative estimate of drug-likeness (QED) is 0.854. The first-order valence-corrected chi connectivity index (χ1v) is 7.20. The number of nitrogens with zero attached hydrogens (tertiary/aromatic N) is 1. The zero-order valence-corrected chi connectivity index (χ0v) is 10.9. The van der Waals surface area contributed by atoms with Gasteiger partial charge in [0.2, 0.25) is 0 Å². The van der Waals surface area contributed by atoms with Crippen molar-refractivity contribution in [1.29, 1.82) is 0 Å². The van der Waals surface area contributed by atoms with E-state index in [2.05, 4.69) is 29.3 Å². The Balaban J connectivity index is 1.96. The molecule has 0 saturated carbocycles. The molecule has 0 radical (unpaired) electrons. The summed E-state index contributed by atoms with van der Waals surface area (Å²) in [6.45, 7) is 5.50. The van der Waals surface area contributed by atoms with Crippen LogP contribution in [0.5, 0.6) is 0 Å². The molecule has 3 heteroatoms. The first-order chi connectivity index (χ1) is 7.85. The van der Waals surface area contributed by atoms with Crippen molar-refractivity contribution in [3.63, 3.8) is 0 Å². The summed E-state index contributed by atoms with van der Waals surface area (Å²) < 4.78 is 0. The summed E-state index contributed by atoms with van der Waals surface area (Å²) in [7, 11) is 0. The minimum absolute atomic E-state index is 0.460. The number of nitrogens with two attached hydrogens (primary N) is 1. The second-order valence-corrected chi connectivity index (χ2v) is 5.68. The first kappa shape index (κ1) is 12.1. The summed E-state index contributed by atoms with van der Waals surface area (Å²) in [5, 5.41) is 2.15. The highest BCUT2D eigenvalue weighted by Crippen LogP contribution is 2.30. The number of thiophene rings is 1. The van der Waals surface area contributed by atoms with Gasteiger partial charge in [-0.15, -0.1) is 11.3 Å². The van der Waals surface area contributed by atoms with E-state index in [-0.39, 0.29) is 0 Å². The molecular weight excluding hydrogens is 216 g/mol. The van der Waals surface area contributed by atoms with E-state index in [1.807, 2.05) is 11.3 Å². The van der Waals surface area contributed by atoms with Crippen molar-refractivity contribution >= 4 is 11.3 Å². The largest absolute Gasteiger partial charge is 0.329 e. The molecule has 1 saturated heterocycles. The summed E-state index contributed by atoms with van der Waals surface area (Å²) in [5.74, 6) is 0.902. The van der Waals surface area contributed by atoms with E-state index in [0.717, 1.165) is 12.5 Å². The third-order valence-electron chi connectivity index (χ3n) is 3.55. The molecule has 2 nitrogen and oxygen atoms in total. The molecule has 1 aromatic heterocycles. The lowest BCUT2D eigenvalue weighted by Crippen LogP contribution is -2.31. The van der Waals surface area contributed by atoms with E-state index in [1.165, 1.54) is 37.2 Å². The van der Waals surface area contributed by atoms with Crippen LogP contribution in [-0.2, 0) is 0 Å². The third kappa shape index (κ3) is 2.65. The van der Waals surface area contributed by atoms with Crippen LogP contribution >= 0.6 is 11.3 Å². The molecule has 0 aromatic carbocycles. The first-order valence-electron chi connectivity index (χ1n) is 6.32. The van der Waals surface area contributed by atoms with E-state index in [4.69, 9.17) is 5.73 Å². The second kappa shape index (κ2) is 5.80. The maximum absolute atomic E-state index is 5.93. The maximum Gasteiger partial charge on any atom is 0.0564 e. The van der Waals surface area contributed by atoms with Gasteiger partial charge in [0.15, 0.2) is 0 Å². The number of hydrogen-bond donors (Lipinski definition) is 1. The minimum atomic E-state index is 0.460. The Hall–Kier alpha value is -0.380.